The number of hydrogen-bond donors (Lipinski definition) is 0. The van der Waals surface area contributed by atoms with Crippen LogP contribution in [0, 0.1) is 12.1 Å². The molecule has 0 atom stereocenters. The molecule has 0 radical (unpaired) electrons. The molecule has 8 heteroatoms. The molecule has 1 aliphatic heterocycles. The summed E-state index contributed by atoms with van der Waals surface area (Å²) in [5, 5.41) is 2.35. The van der Waals surface area contributed by atoms with Crippen molar-refractivity contribution in [3.05, 3.63) is 104 Å². The van der Waals surface area contributed by atoms with Gasteiger partial charge in [0.2, 0.25) is 0 Å². The van der Waals surface area contributed by atoms with E-state index in [0.29, 0.717) is 0 Å². The maximum atomic E-state index is 4.60. The molecule has 6 aromatic rings. The van der Waals surface area contributed by atoms with Crippen molar-refractivity contribution in [2.45, 2.75) is 9.79 Å². The van der Waals surface area contributed by atoms with E-state index in [-0.39, 0.29) is 21.1 Å². The van der Waals surface area contributed by atoms with Crippen LogP contribution < -0.4 is 4.58 Å². The molecule has 0 spiro atoms. The average Bonchev–Trinajstić information content (AvgIpc) is 3.44. The van der Waals surface area contributed by atoms with Crippen molar-refractivity contribution in [2.75, 3.05) is 7.05 Å². The van der Waals surface area contributed by atoms with E-state index in [2.05, 4.69) is 80.1 Å². The monoisotopic (exact) mass is 677 g/mol. The minimum Gasteiger partial charge on any atom is -0.349 e. The molecule has 0 aliphatic carbocycles. The summed E-state index contributed by atoms with van der Waals surface area (Å²) < 4.78 is 5.92. The van der Waals surface area contributed by atoms with Crippen LogP contribution in [0.3, 0.4) is 0 Å². The second kappa shape index (κ2) is 9.53. The molecule has 7 rings (SSSR count). The summed E-state index contributed by atoms with van der Waals surface area (Å²) in [6, 6.07) is 35.0. The van der Waals surface area contributed by atoms with Crippen molar-refractivity contribution < 1.29 is 25.6 Å². The average molecular weight is 678 g/mol. The Kier molecular flexibility index (Phi) is 6.05. The molecule has 4 heterocycles. The van der Waals surface area contributed by atoms with Gasteiger partial charge in [-0.1, -0.05) is 34.7 Å². The minimum atomic E-state index is 0. The number of pyridine rings is 1. The molecule has 0 fully saturated rings. The molecule has 3 aromatic carbocycles. The van der Waals surface area contributed by atoms with E-state index in [1.807, 2.05) is 52.7 Å². The summed E-state index contributed by atoms with van der Waals surface area (Å²) in [6.07, 6.45) is 5.20. The molecule has 0 N–H and O–H groups in total. The van der Waals surface area contributed by atoms with Crippen LogP contribution in [0.15, 0.2) is 101 Å². The number of fused-ring (bicyclic) bond motifs is 4. The normalized spacial score (nSPS) is 12.2. The van der Waals surface area contributed by atoms with Crippen molar-refractivity contribution in [2.24, 2.45) is 0 Å². The van der Waals surface area contributed by atoms with E-state index < -0.39 is 0 Å². The zero-order valence-corrected chi connectivity index (χ0v) is 22.7. The van der Waals surface area contributed by atoms with Gasteiger partial charge in [-0.15, -0.1) is 49.4 Å². The molecule has 37 heavy (non-hydrogen) atoms. The topological polar surface area (TPSA) is 49.6 Å². The van der Waals surface area contributed by atoms with Crippen LogP contribution in [-0.2, 0) is 21.1 Å². The van der Waals surface area contributed by atoms with Crippen molar-refractivity contribution in [3.8, 4) is 5.82 Å². The van der Waals surface area contributed by atoms with Crippen molar-refractivity contribution in [1.82, 2.24) is 24.1 Å². The Morgan fingerprint density at radius 2 is 1.65 bits per heavy atom. The molecular weight excluding hydrogens is 660 g/mol. The zero-order valence-electron chi connectivity index (χ0n) is 19.6. The van der Waals surface area contributed by atoms with Gasteiger partial charge in [0.05, 0.1) is 11.9 Å². The number of rotatable bonds is 4. The van der Waals surface area contributed by atoms with E-state index in [9.17, 15) is 0 Å². The van der Waals surface area contributed by atoms with Gasteiger partial charge in [-0.2, -0.15) is 29.2 Å². The summed E-state index contributed by atoms with van der Waals surface area (Å²) in [5.41, 5.74) is 3.06. The third-order valence-corrected chi connectivity index (χ3v) is 7.02. The first-order valence-corrected chi connectivity index (χ1v) is 12.3. The van der Waals surface area contributed by atoms with E-state index in [4.69, 9.17) is 0 Å². The summed E-state index contributed by atoms with van der Waals surface area (Å²) >= 11 is 1.63. The number of para-hydroxylation sites is 1. The Bertz CT molecular complexity index is 1870. The van der Waals surface area contributed by atoms with Crippen LogP contribution in [0.25, 0.3) is 27.6 Å². The second-order valence-corrected chi connectivity index (χ2v) is 9.42. The van der Waals surface area contributed by atoms with Gasteiger partial charge in [0, 0.05) is 16.7 Å². The first-order valence-electron chi connectivity index (χ1n) is 11.4. The maximum absolute atomic E-state index is 4.60. The van der Waals surface area contributed by atoms with Crippen LogP contribution in [0.1, 0.15) is 0 Å². The first-order chi connectivity index (χ1) is 17.8. The molecule has 1 aliphatic rings. The third-order valence-electron chi connectivity index (χ3n) is 6.11. The predicted molar refractivity (Wildman–Crippen MR) is 141 cm³/mol. The molecular formula is C29H18N6PtS+2. The van der Waals surface area contributed by atoms with Crippen LogP contribution in [0.5, 0.6) is 0 Å². The van der Waals surface area contributed by atoms with Gasteiger partial charge >= 0.3 is 38.7 Å². The molecule has 0 saturated carbocycles. The van der Waals surface area contributed by atoms with Gasteiger partial charge in [-0.25, -0.2) is 4.98 Å². The predicted octanol–water partition coefficient (Wildman–Crippen LogP) is 6.01. The fourth-order valence-corrected chi connectivity index (χ4v) is 5.39. The second-order valence-electron chi connectivity index (χ2n) is 8.34. The van der Waals surface area contributed by atoms with Crippen molar-refractivity contribution in [1.29, 1.82) is 0 Å². The number of nitrogens with zero attached hydrogens (tertiary/aromatic N) is 6. The zero-order chi connectivity index (χ0) is 24.1. The number of benzene rings is 3. The fourth-order valence-electron chi connectivity index (χ4n) is 4.56. The SMILES string of the molecule is C[N+]1=C=[N+](c2[c-]c(Sc3[c-]cc4c(c3)c3ccccc3n4-c3ccccn3)ccc2)c2nccnc21.[Pt+2]. The quantitative estimate of drug-likeness (QED) is 0.170. The van der Waals surface area contributed by atoms with Gasteiger partial charge in [0.1, 0.15) is 12.9 Å². The van der Waals surface area contributed by atoms with E-state index in [1.54, 1.807) is 24.2 Å². The van der Waals surface area contributed by atoms with Crippen molar-refractivity contribution in [3.63, 3.8) is 0 Å². The summed E-state index contributed by atoms with van der Waals surface area (Å²) in [7, 11) is 1.91. The molecule has 0 saturated heterocycles. The largest absolute Gasteiger partial charge is 2.00 e. The van der Waals surface area contributed by atoms with E-state index >= 15 is 0 Å². The fraction of sp³-hybridized carbons (Fsp3) is 0.0345. The van der Waals surface area contributed by atoms with Gasteiger partial charge in [0.25, 0.3) is 0 Å². The summed E-state index contributed by atoms with van der Waals surface area (Å²) in [6.45, 7) is 0. The van der Waals surface area contributed by atoms with Crippen LogP contribution in [0.2, 0.25) is 0 Å². The van der Waals surface area contributed by atoms with Gasteiger partial charge < -0.3 is 4.57 Å². The number of hydrogen-bond acceptors (Lipinski definition) is 4. The third kappa shape index (κ3) is 4.02. The summed E-state index contributed by atoms with van der Waals surface area (Å²) in [4.78, 5) is 15.5. The Hall–Kier alpha value is -3.89. The minimum absolute atomic E-state index is 0. The molecule has 0 amide bonds. The smallest absolute Gasteiger partial charge is 0.349 e. The maximum Gasteiger partial charge on any atom is 2.00 e. The van der Waals surface area contributed by atoms with Gasteiger partial charge in [0.15, 0.2) is 6.20 Å². The molecule has 0 unspecified atom stereocenters. The molecule has 0 bridgehead atoms. The van der Waals surface area contributed by atoms with E-state index in [0.717, 1.165) is 44.0 Å². The first kappa shape index (κ1) is 23.5. The Labute approximate surface area is 231 Å². The van der Waals surface area contributed by atoms with Crippen LogP contribution in [0.4, 0.5) is 17.3 Å². The van der Waals surface area contributed by atoms with Gasteiger partial charge in [-0.05, 0) is 23.6 Å². The van der Waals surface area contributed by atoms with Crippen molar-refractivity contribution >= 4 is 56.9 Å². The Balaban J connectivity index is 0.00000252. The Morgan fingerprint density at radius 1 is 0.811 bits per heavy atom. The van der Waals surface area contributed by atoms with Crippen LogP contribution >= 0.6 is 11.8 Å². The standard InChI is InChI=1S/C29H18N6S.Pt/c1-33-19-34(29-28(33)31-15-16-32-29)20-7-6-8-21(17-20)36-22-12-13-26-24(18-22)23-9-2-3-10-25(23)35(26)27-11-4-5-14-30-27;/h2-11,13-16,18H,1H3;/q;+2. The molecule has 6 nitrogen and oxygen atoms in total. The molecule has 3 aromatic heterocycles. The summed E-state index contributed by atoms with van der Waals surface area (Å²) in [5.74, 6) is 2.41. The van der Waals surface area contributed by atoms with E-state index in [1.165, 1.54) is 10.8 Å². The Morgan fingerprint density at radius 3 is 2.51 bits per heavy atom. The number of aromatic nitrogens is 4. The van der Waals surface area contributed by atoms with Crippen LogP contribution in [-0.4, -0.2) is 37.2 Å². The van der Waals surface area contributed by atoms with Gasteiger partial charge in [-0.3, -0.25) is 0 Å². The molecule has 178 valence electrons.